The van der Waals surface area contributed by atoms with Crippen molar-refractivity contribution < 1.29 is 14.3 Å². The zero-order valence-electron chi connectivity index (χ0n) is 15.1. The Kier molecular flexibility index (Phi) is 4.48. The molecule has 3 heterocycles. The van der Waals surface area contributed by atoms with E-state index in [-0.39, 0.29) is 24.6 Å². The van der Waals surface area contributed by atoms with Gasteiger partial charge < -0.3 is 14.7 Å². The van der Waals surface area contributed by atoms with Gasteiger partial charge in [-0.1, -0.05) is 12.6 Å². The second kappa shape index (κ2) is 6.97. The highest BCUT2D eigenvalue weighted by Gasteiger charge is 2.33. The van der Waals surface area contributed by atoms with Crippen molar-refractivity contribution in [1.82, 2.24) is 14.9 Å². The van der Waals surface area contributed by atoms with E-state index >= 15 is 0 Å². The monoisotopic (exact) mass is 395 g/mol. The number of nitrogens with one attached hydrogen (secondary N) is 2. The van der Waals surface area contributed by atoms with E-state index in [9.17, 15) is 14.4 Å². The fourth-order valence-corrected chi connectivity index (χ4v) is 4.05. The van der Waals surface area contributed by atoms with Gasteiger partial charge in [-0.05, 0) is 48.4 Å². The number of aromatic amines is 2. The number of hydrogen-bond acceptors (Lipinski definition) is 5. The topological polar surface area (TPSA) is 95.3 Å². The van der Waals surface area contributed by atoms with E-state index in [2.05, 4.69) is 16.5 Å². The molecule has 0 saturated carbocycles. The molecule has 28 heavy (non-hydrogen) atoms. The minimum atomic E-state index is -0.626. The van der Waals surface area contributed by atoms with Crippen LogP contribution in [0.15, 0.2) is 35.1 Å². The number of hydrogen-bond donors (Lipinski definition) is 2. The molecule has 0 saturated heterocycles. The molecule has 2 aromatic heterocycles. The molecule has 2 N–H and O–H groups in total. The summed E-state index contributed by atoms with van der Waals surface area (Å²) in [5, 5.41) is 0.447. The highest BCUT2D eigenvalue weighted by atomic mass is 32.1. The number of amides is 2. The van der Waals surface area contributed by atoms with Crippen molar-refractivity contribution in [3.05, 3.63) is 67.5 Å². The van der Waals surface area contributed by atoms with Gasteiger partial charge in [-0.3, -0.25) is 9.59 Å². The van der Waals surface area contributed by atoms with Crippen LogP contribution < -0.4 is 16.4 Å². The fraction of sp³-hybridized carbons (Fsp3) is 0.150. The van der Waals surface area contributed by atoms with Gasteiger partial charge in [0.15, 0.2) is 0 Å². The van der Waals surface area contributed by atoms with E-state index in [0.717, 1.165) is 25.8 Å². The maximum Gasteiger partial charge on any atom is 0.417 e. The number of benzene rings is 1. The van der Waals surface area contributed by atoms with Crippen LogP contribution >= 0.6 is 11.3 Å². The summed E-state index contributed by atoms with van der Waals surface area (Å²) >= 11 is 1.52. The number of imide groups is 1. The molecule has 1 aromatic carbocycles. The first-order valence-electron chi connectivity index (χ1n) is 8.67. The fourth-order valence-electron chi connectivity index (χ4n) is 3.11. The van der Waals surface area contributed by atoms with Gasteiger partial charge in [0, 0.05) is 15.3 Å². The molecule has 0 atom stereocenters. The molecular formula is C20H17N3O4S. The van der Waals surface area contributed by atoms with Crippen LogP contribution in [-0.2, 0) is 11.3 Å². The Morgan fingerprint density at radius 1 is 1.29 bits per heavy atom. The van der Waals surface area contributed by atoms with Crippen LogP contribution in [0.4, 0.5) is 4.79 Å². The minimum absolute atomic E-state index is 0.204. The van der Waals surface area contributed by atoms with Gasteiger partial charge in [-0.15, -0.1) is 11.3 Å². The number of thiophene rings is 1. The highest BCUT2D eigenvalue weighted by Crippen LogP contribution is 2.32. The second-order valence-electron chi connectivity index (χ2n) is 6.28. The average molecular weight is 395 g/mol. The molecule has 0 fully saturated rings. The number of ether oxygens (including phenoxy) is 1. The summed E-state index contributed by atoms with van der Waals surface area (Å²) in [7, 11) is 0. The lowest BCUT2D eigenvalue weighted by Crippen LogP contribution is -2.31. The molecule has 0 unspecified atom stereocenters. The Morgan fingerprint density at radius 2 is 2.11 bits per heavy atom. The Morgan fingerprint density at radius 3 is 2.82 bits per heavy atom. The summed E-state index contributed by atoms with van der Waals surface area (Å²) in [5.41, 5.74) is 2.50. The van der Waals surface area contributed by atoms with Gasteiger partial charge in [0.05, 0.1) is 13.2 Å². The molecule has 0 radical (unpaired) electrons. The predicted molar refractivity (Wildman–Crippen MR) is 106 cm³/mol. The summed E-state index contributed by atoms with van der Waals surface area (Å²) < 4.78 is 4.94. The van der Waals surface area contributed by atoms with Gasteiger partial charge in [0.25, 0.3) is 11.5 Å². The number of imidazole rings is 1. The lowest BCUT2D eigenvalue weighted by Gasteiger charge is -2.12. The first-order valence-corrected chi connectivity index (χ1v) is 9.48. The molecule has 1 aliphatic heterocycles. The number of carbonyl (C=O) groups is 2. The Balaban J connectivity index is 1.63. The van der Waals surface area contributed by atoms with E-state index < -0.39 is 6.09 Å². The first-order chi connectivity index (χ1) is 13.5. The molecule has 1 aliphatic rings. The molecule has 142 valence electrons. The summed E-state index contributed by atoms with van der Waals surface area (Å²) in [6.07, 6.45) is 1.14. The standard InChI is InChI=1S/C20H17N3O4S/c1-3-27-20(26)23-10-13-8-12(4-6-15(13)19(23)25)17-7-5-14(28-17)9-16-18(24)22-11(2)21-16/h4-9,21H,2-3,10H2,1H3,(H,22,24)/b16-9+. The minimum Gasteiger partial charge on any atom is -0.449 e. The molecule has 0 bridgehead atoms. The molecule has 2 amide bonds. The van der Waals surface area contributed by atoms with Crippen LogP contribution in [0.1, 0.15) is 27.7 Å². The van der Waals surface area contributed by atoms with Crippen molar-refractivity contribution in [3.8, 4) is 10.4 Å². The molecule has 0 aliphatic carbocycles. The molecule has 4 rings (SSSR count). The third-order valence-electron chi connectivity index (χ3n) is 4.39. The van der Waals surface area contributed by atoms with Gasteiger partial charge >= 0.3 is 6.09 Å². The van der Waals surface area contributed by atoms with Crippen molar-refractivity contribution in [2.45, 2.75) is 13.5 Å². The lowest BCUT2D eigenvalue weighted by atomic mass is 10.1. The molecular weight excluding hydrogens is 378 g/mol. The molecule has 8 heteroatoms. The van der Waals surface area contributed by atoms with E-state index in [1.54, 1.807) is 19.1 Å². The van der Waals surface area contributed by atoms with E-state index in [1.165, 1.54) is 11.3 Å². The summed E-state index contributed by atoms with van der Waals surface area (Å²) in [4.78, 5) is 44.6. The van der Waals surface area contributed by atoms with Gasteiger partial charge in [-0.2, -0.15) is 0 Å². The SMILES string of the molecule is C=c1[nH]c(=O)/c(=C\c2ccc(-c3ccc4c(c3)CN(C(=O)OCC)C4=O)s2)[nH]1. The van der Waals surface area contributed by atoms with Crippen LogP contribution in [0, 0.1) is 0 Å². The normalized spacial score (nSPS) is 13.8. The number of nitrogens with zero attached hydrogens (tertiary/aromatic N) is 1. The van der Waals surface area contributed by atoms with Crippen LogP contribution in [0.5, 0.6) is 0 Å². The summed E-state index contributed by atoms with van der Waals surface area (Å²) in [6, 6.07) is 9.39. The number of aromatic nitrogens is 2. The van der Waals surface area contributed by atoms with Crippen molar-refractivity contribution in [2.24, 2.45) is 0 Å². The Labute approximate surface area is 163 Å². The quantitative estimate of drug-likeness (QED) is 0.707. The third kappa shape index (κ3) is 3.18. The zero-order valence-corrected chi connectivity index (χ0v) is 15.9. The summed E-state index contributed by atoms with van der Waals surface area (Å²) in [6.45, 7) is 5.80. The third-order valence-corrected chi connectivity index (χ3v) is 5.47. The van der Waals surface area contributed by atoms with Gasteiger partial charge in [0.2, 0.25) is 0 Å². The number of H-pyrrole nitrogens is 2. The van der Waals surface area contributed by atoms with Crippen molar-refractivity contribution in [3.63, 3.8) is 0 Å². The van der Waals surface area contributed by atoms with E-state index in [0.29, 0.717) is 16.4 Å². The highest BCUT2D eigenvalue weighted by molar-refractivity contribution is 7.16. The smallest absolute Gasteiger partial charge is 0.417 e. The largest absolute Gasteiger partial charge is 0.449 e. The molecule has 3 aromatic rings. The number of carbonyl (C=O) groups excluding carboxylic acids is 2. The predicted octanol–water partition coefficient (Wildman–Crippen LogP) is 1.78. The van der Waals surface area contributed by atoms with E-state index in [1.807, 2.05) is 24.3 Å². The maximum atomic E-state index is 12.4. The van der Waals surface area contributed by atoms with Crippen molar-refractivity contribution in [1.29, 1.82) is 0 Å². The lowest BCUT2D eigenvalue weighted by molar-refractivity contribution is 0.0694. The van der Waals surface area contributed by atoms with Gasteiger partial charge in [0.1, 0.15) is 10.8 Å². The molecule has 0 spiro atoms. The van der Waals surface area contributed by atoms with Crippen LogP contribution in [0.25, 0.3) is 23.1 Å². The second-order valence-corrected chi connectivity index (χ2v) is 7.40. The number of rotatable bonds is 3. The van der Waals surface area contributed by atoms with Crippen LogP contribution in [0.2, 0.25) is 0 Å². The zero-order chi connectivity index (χ0) is 19.8. The Bertz CT molecular complexity index is 1250. The summed E-state index contributed by atoms with van der Waals surface area (Å²) in [5.74, 6) is -0.338. The number of fused-ring (bicyclic) bond motifs is 1. The average Bonchev–Trinajstić information content (AvgIpc) is 3.34. The van der Waals surface area contributed by atoms with Crippen LogP contribution in [0.3, 0.4) is 0 Å². The maximum absolute atomic E-state index is 12.4. The Hall–Kier alpha value is -3.39. The van der Waals surface area contributed by atoms with Crippen molar-refractivity contribution >= 4 is 36.0 Å². The van der Waals surface area contributed by atoms with Crippen LogP contribution in [-0.4, -0.2) is 33.5 Å². The molecule has 7 nitrogen and oxygen atoms in total. The van der Waals surface area contributed by atoms with Gasteiger partial charge in [-0.25, -0.2) is 9.69 Å². The van der Waals surface area contributed by atoms with E-state index in [4.69, 9.17) is 4.74 Å². The first kappa shape index (κ1) is 18.0. The van der Waals surface area contributed by atoms with Crippen molar-refractivity contribution in [2.75, 3.05) is 6.61 Å².